The fourth-order valence-electron chi connectivity index (χ4n) is 2.08. The predicted molar refractivity (Wildman–Crippen MR) is 84.8 cm³/mol. The van der Waals surface area contributed by atoms with Gasteiger partial charge in [0.25, 0.3) is 10.0 Å². The van der Waals surface area contributed by atoms with Crippen molar-refractivity contribution in [1.29, 1.82) is 0 Å². The molecule has 1 N–H and O–H groups in total. The second-order valence-electron chi connectivity index (χ2n) is 4.87. The summed E-state index contributed by atoms with van der Waals surface area (Å²) in [6, 6.07) is 10.8. The average Bonchev–Trinajstić information content (AvgIpc) is 2.87. The molecule has 21 heavy (non-hydrogen) atoms. The van der Waals surface area contributed by atoms with Crippen LogP contribution in [0.3, 0.4) is 0 Å². The highest BCUT2D eigenvalue weighted by Gasteiger charge is 2.23. The molecule has 0 aliphatic heterocycles. The highest BCUT2D eigenvalue weighted by atomic mass is 32.2. The largest absolute Gasteiger partial charge is 0.352 e. The van der Waals surface area contributed by atoms with Crippen molar-refractivity contribution in [2.75, 3.05) is 17.9 Å². The zero-order valence-corrected chi connectivity index (χ0v) is 13.4. The van der Waals surface area contributed by atoms with Crippen LogP contribution in [0.4, 0.5) is 5.69 Å². The molecule has 0 saturated heterocycles. The molecule has 0 amide bonds. The number of benzene rings is 1. The second kappa shape index (κ2) is 6.32. The van der Waals surface area contributed by atoms with Crippen molar-refractivity contribution in [3.63, 3.8) is 0 Å². The van der Waals surface area contributed by atoms with E-state index in [-0.39, 0.29) is 0 Å². The number of hydrogen-bond donors (Lipinski definition) is 1. The van der Waals surface area contributed by atoms with Crippen LogP contribution in [0.15, 0.2) is 47.5 Å². The second-order valence-corrected chi connectivity index (χ2v) is 6.84. The summed E-state index contributed by atoms with van der Waals surface area (Å²) in [5, 5.41) is 3.20. The quantitative estimate of drug-likeness (QED) is 0.887. The Morgan fingerprint density at radius 2 is 1.90 bits per heavy atom. The van der Waals surface area contributed by atoms with E-state index in [0.717, 1.165) is 12.2 Å². The third-order valence-electron chi connectivity index (χ3n) is 3.42. The molecule has 114 valence electrons. The van der Waals surface area contributed by atoms with Gasteiger partial charge in [-0.2, -0.15) is 0 Å². The molecule has 0 fully saturated rings. The number of hydrogen-bond acceptors (Lipinski definition) is 3. The summed E-state index contributed by atoms with van der Waals surface area (Å²) >= 11 is 0. The van der Waals surface area contributed by atoms with E-state index in [0.29, 0.717) is 17.1 Å². The zero-order valence-electron chi connectivity index (χ0n) is 12.6. The van der Waals surface area contributed by atoms with Gasteiger partial charge in [0.1, 0.15) is 4.90 Å². The molecular weight excluding hydrogens is 286 g/mol. The Bertz CT molecular complexity index is 693. The standard InChI is InChI=1S/C15H21N3O2S/c1-4-16-11-14-10-15(12-17(14)2)21(19,20)18(3)13-8-6-5-7-9-13/h5-10,12,16H,4,11H2,1-3H3. The zero-order chi connectivity index (χ0) is 15.5. The van der Waals surface area contributed by atoms with Crippen LogP contribution in [0, 0.1) is 0 Å². The summed E-state index contributed by atoms with van der Waals surface area (Å²) in [6.45, 7) is 3.51. The molecule has 0 aliphatic carbocycles. The van der Waals surface area contributed by atoms with Gasteiger partial charge in [-0.3, -0.25) is 4.31 Å². The Hall–Kier alpha value is -1.79. The van der Waals surface area contributed by atoms with Crippen LogP contribution >= 0.6 is 0 Å². The monoisotopic (exact) mass is 307 g/mol. The van der Waals surface area contributed by atoms with Gasteiger partial charge in [-0.25, -0.2) is 8.42 Å². The van der Waals surface area contributed by atoms with Crippen molar-refractivity contribution in [2.24, 2.45) is 7.05 Å². The molecule has 2 rings (SSSR count). The number of nitrogens with one attached hydrogen (secondary N) is 1. The molecule has 1 aromatic heterocycles. The van der Waals surface area contributed by atoms with Crippen LogP contribution < -0.4 is 9.62 Å². The minimum atomic E-state index is -3.53. The molecule has 0 saturated carbocycles. The van der Waals surface area contributed by atoms with Crippen molar-refractivity contribution in [3.8, 4) is 0 Å². The van der Waals surface area contributed by atoms with Crippen LogP contribution in [0.1, 0.15) is 12.6 Å². The molecule has 0 atom stereocenters. The SMILES string of the molecule is CCNCc1cc(S(=O)(=O)N(C)c2ccccc2)cn1C. The summed E-state index contributed by atoms with van der Waals surface area (Å²) in [4.78, 5) is 0.309. The van der Waals surface area contributed by atoms with Crippen LogP contribution in [-0.2, 0) is 23.6 Å². The van der Waals surface area contributed by atoms with Crippen molar-refractivity contribution in [1.82, 2.24) is 9.88 Å². The van der Waals surface area contributed by atoms with E-state index < -0.39 is 10.0 Å². The lowest BCUT2D eigenvalue weighted by molar-refractivity contribution is 0.594. The smallest absolute Gasteiger partial charge is 0.265 e. The maximum atomic E-state index is 12.7. The van der Waals surface area contributed by atoms with Gasteiger partial charge in [-0.15, -0.1) is 0 Å². The maximum absolute atomic E-state index is 12.7. The van der Waals surface area contributed by atoms with Gasteiger partial charge < -0.3 is 9.88 Å². The van der Waals surface area contributed by atoms with Gasteiger partial charge in [0.05, 0.1) is 5.69 Å². The summed E-state index contributed by atoms with van der Waals surface area (Å²) in [6.07, 6.45) is 1.65. The minimum absolute atomic E-state index is 0.309. The first kappa shape index (κ1) is 15.6. The molecule has 0 spiro atoms. The molecule has 0 radical (unpaired) electrons. The van der Waals surface area contributed by atoms with Crippen molar-refractivity contribution in [2.45, 2.75) is 18.4 Å². The molecule has 0 aliphatic rings. The van der Waals surface area contributed by atoms with Gasteiger partial charge in [0.15, 0.2) is 0 Å². The molecule has 1 heterocycles. The first-order valence-corrected chi connectivity index (χ1v) is 8.30. The summed E-state index contributed by atoms with van der Waals surface area (Å²) in [5.74, 6) is 0. The Labute approximate surface area is 126 Å². The van der Waals surface area contributed by atoms with Crippen molar-refractivity contribution < 1.29 is 8.42 Å². The number of para-hydroxylation sites is 1. The molecule has 6 heteroatoms. The third-order valence-corrected chi connectivity index (χ3v) is 5.17. The third kappa shape index (κ3) is 3.28. The number of anilines is 1. The number of aryl methyl sites for hydroxylation is 1. The van der Waals surface area contributed by atoms with Crippen molar-refractivity contribution in [3.05, 3.63) is 48.3 Å². The molecule has 1 aromatic carbocycles. The number of sulfonamides is 1. The lowest BCUT2D eigenvalue weighted by Gasteiger charge is -2.18. The number of nitrogens with zero attached hydrogens (tertiary/aromatic N) is 2. The minimum Gasteiger partial charge on any atom is -0.352 e. The Morgan fingerprint density at radius 1 is 1.24 bits per heavy atom. The average molecular weight is 307 g/mol. The fraction of sp³-hybridized carbons (Fsp3) is 0.333. The molecule has 2 aromatic rings. The number of rotatable bonds is 6. The van der Waals surface area contributed by atoms with Crippen LogP contribution in [0.2, 0.25) is 0 Å². The normalized spacial score (nSPS) is 11.6. The van der Waals surface area contributed by atoms with Crippen LogP contribution in [0.25, 0.3) is 0 Å². The van der Waals surface area contributed by atoms with Gasteiger partial charge >= 0.3 is 0 Å². The van der Waals surface area contributed by atoms with E-state index in [9.17, 15) is 8.42 Å². The summed E-state index contributed by atoms with van der Waals surface area (Å²) in [5.41, 5.74) is 1.59. The predicted octanol–water partition coefficient (Wildman–Crippen LogP) is 1.96. The van der Waals surface area contributed by atoms with Gasteiger partial charge in [0, 0.05) is 32.5 Å². The van der Waals surface area contributed by atoms with E-state index in [4.69, 9.17) is 0 Å². The highest BCUT2D eigenvalue weighted by molar-refractivity contribution is 7.92. The highest BCUT2D eigenvalue weighted by Crippen LogP contribution is 2.23. The van der Waals surface area contributed by atoms with Gasteiger partial charge in [-0.1, -0.05) is 25.1 Å². The van der Waals surface area contributed by atoms with E-state index in [1.165, 1.54) is 4.31 Å². The Balaban J connectivity index is 2.31. The lowest BCUT2D eigenvalue weighted by Crippen LogP contribution is -2.26. The van der Waals surface area contributed by atoms with Gasteiger partial charge in [-0.05, 0) is 24.7 Å². The Morgan fingerprint density at radius 3 is 2.52 bits per heavy atom. The van der Waals surface area contributed by atoms with E-state index >= 15 is 0 Å². The summed E-state index contributed by atoms with van der Waals surface area (Å²) in [7, 11) is -0.108. The van der Waals surface area contributed by atoms with Crippen LogP contribution in [0.5, 0.6) is 0 Å². The van der Waals surface area contributed by atoms with Crippen molar-refractivity contribution >= 4 is 15.7 Å². The molecular formula is C15H21N3O2S. The molecule has 5 nitrogen and oxygen atoms in total. The van der Waals surface area contributed by atoms with Crippen LogP contribution in [-0.4, -0.2) is 26.6 Å². The van der Waals surface area contributed by atoms with E-state index in [1.54, 1.807) is 31.4 Å². The number of aromatic nitrogens is 1. The first-order chi connectivity index (χ1) is 9.96. The van der Waals surface area contributed by atoms with Gasteiger partial charge in [0.2, 0.25) is 0 Å². The Kier molecular flexibility index (Phi) is 4.69. The topological polar surface area (TPSA) is 54.3 Å². The first-order valence-electron chi connectivity index (χ1n) is 6.86. The summed E-state index contributed by atoms with van der Waals surface area (Å²) < 4.78 is 28.5. The fourth-order valence-corrected chi connectivity index (χ4v) is 3.37. The van der Waals surface area contributed by atoms with E-state index in [2.05, 4.69) is 5.32 Å². The molecule has 0 unspecified atom stereocenters. The lowest BCUT2D eigenvalue weighted by atomic mass is 10.3. The maximum Gasteiger partial charge on any atom is 0.265 e. The molecule has 0 bridgehead atoms. The van der Waals surface area contributed by atoms with E-state index in [1.807, 2.05) is 36.7 Å².